The monoisotopic (exact) mass is 302 g/mol. The van der Waals surface area contributed by atoms with E-state index in [1.54, 1.807) is 28.2 Å². The van der Waals surface area contributed by atoms with Gasteiger partial charge in [0.1, 0.15) is 0 Å². The van der Waals surface area contributed by atoms with Crippen molar-refractivity contribution in [3.8, 4) is 0 Å². The second-order valence-electron chi connectivity index (χ2n) is 5.53. The third-order valence-electron chi connectivity index (χ3n) is 4.18. The molecule has 3 rings (SSSR count). The molecule has 1 aliphatic rings. The fraction of sp³-hybridized carbons (Fsp3) is 0.375. The molecule has 1 aromatic carbocycles. The van der Waals surface area contributed by atoms with Crippen LogP contribution in [0.25, 0.3) is 10.1 Å². The number of benzene rings is 1. The lowest BCUT2D eigenvalue weighted by molar-refractivity contribution is -0.133. The summed E-state index contributed by atoms with van der Waals surface area (Å²) in [5, 5.41) is 2.95. The molecule has 1 unspecified atom stereocenters. The van der Waals surface area contributed by atoms with E-state index >= 15 is 0 Å². The topological polar surface area (TPSA) is 40.6 Å². The van der Waals surface area contributed by atoms with E-state index in [-0.39, 0.29) is 17.9 Å². The summed E-state index contributed by atoms with van der Waals surface area (Å²) in [6, 6.07) is 8.06. The van der Waals surface area contributed by atoms with Gasteiger partial charge in [0.2, 0.25) is 5.91 Å². The lowest BCUT2D eigenvalue weighted by Crippen LogP contribution is -2.49. The van der Waals surface area contributed by atoms with Gasteiger partial charge < -0.3 is 9.80 Å². The minimum Gasteiger partial charge on any atom is -0.344 e. The van der Waals surface area contributed by atoms with Gasteiger partial charge in [-0.1, -0.05) is 18.2 Å². The van der Waals surface area contributed by atoms with Crippen LogP contribution in [0, 0.1) is 0 Å². The van der Waals surface area contributed by atoms with E-state index < -0.39 is 0 Å². The first kappa shape index (κ1) is 14.1. The molecule has 2 heterocycles. The van der Waals surface area contributed by atoms with Crippen molar-refractivity contribution < 1.29 is 9.59 Å². The molecule has 0 saturated carbocycles. The molecule has 1 fully saturated rings. The standard InChI is InChI=1S/C16H18N2O2S/c1-17-9-11(7-8-15(17)19)18(2)16(20)13-10-21-14-6-4-3-5-12(13)14/h3-6,10-11H,7-9H2,1-2H3. The molecule has 0 bridgehead atoms. The number of hydrogen-bond donors (Lipinski definition) is 0. The molecule has 2 aromatic rings. The third-order valence-corrected chi connectivity index (χ3v) is 5.14. The molecule has 110 valence electrons. The molecular formula is C16H18N2O2S. The number of thiophene rings is 1. The van der Waals surface area contributed by atoms with Gasteiger partial charge in [-0.2, -0.15) is 0 Å². The number of piperidine rings is 1. The van der Waals surface area contributed by atoms with Gasteiger partial charge in [-0.15, -0.1) is 11.3 Å². The van der Waals surface area contributed by atoms with E-state index in [2.05, 4.69) is 0 Å². The molecule has 1 atom stereocenters. The van der Waals surface area contributed by atoms with E-state index in [0.29, 0.717) is 13.0 Å². The van der Waals surface area contributed by atoms with Gasteiger partial charge in [-0.05, 0) is 12.5 Å². The van der Waals surface area contributed by atoms with Crippen LogP contribution in [-0.2, 0) is 4.79 Å². The summed E-state index contributed by atoms with van der Waals surface area (Å²) in [5.41, 5.74) is 0.762. The fourth-order valence-electron chi connectivity index (χ4n) is 2.81. The Morgan fingerprint density at radius 3 is 2.90 bits per heavy atom. The zero-order chi connectivity index (χ0) is 15.0. The van der Waals surface area contributed by atoms with Crippen molar-refractivity contribution in [3.63, 3.8) is 0 Å². The lowest BCUT2D eigenvalue weighted by atomic mass is 10.0. The van der Waals surface area contributed by atoms with Gasteiger partial charge in [0.25, 0.3) is 5.91 Å². The van der Waals surface area contributed by atoms with Crippen LogP contribution >= 0.6 is 11.3 Å². The van der Waals surface area contributed by atoms with Gasteiger partial charge >= 0.3 is 0 Å². The molecule has 0 radical (unpaired) electrons. The second kappa shape index (κ2) is 5.48. The molecule has 2 amide bonds. The second-order valence-corrected chi connectivity index (χ2v) is 6.44. The Morgan fingerprint density at radius 2 is 2.14 bits per heavy atom. The molecule has 21 heavy (non-hydrogen) atoms. The zero-order valence-electron chi connectivity index (χ0n) is 12.2. The normalized spacial score (nSPS) is 19.0. The van der Waals surface area contributed by atoms with Crippen molar-refractivity contribution in [2.45, 2.75) is 18.9 Å². The highest BCUT2D eigenvalue weighted by molar-refractivity contribution is 7.17. The van der Waals surface area contributed by atoms with E-state index in [0.717, 1.165) is 22.1 Å². The van der Waals surface area contributed by atoms with E-state index in [1.165, 1.54) is 0 Å². The molecule has 1 aromatic heterocycles. The first-order valence-corrected chi connectivity index (χ1v) is 7.93. The lowest BCUT2D eigenvalue weighted by Gasteiger charge is -2.35. The Balaban J connectivity index is 1.83. The number of likely N-dealkylation sites (tertiary alicyclic amines) is 1. The summed E-state index contributed by atoms with van der Waals surface area (Å²) in [4.78, 5) is 27.8. The van der Waals surface area contributed by atoms with Crippen LogP contribution in [0.2, 0.25) is 0 Å². The van der Waals surface area contributed by atoms with Crippen LogP contribution in [0.5, 0.6) is 0 Å². The first-order chi connectivity index (χ1) is 10.1. The zero-order valence-corrected chi connectivity index (χ0v) is 13.0. The summed E-state index contributed by atoms with van der Waals surface area (Å²) < 4.78 is 1.13. The summed E-state index contributed by atoms with van der Waals surface area (Å²) >= 11 is 1.60. The predicted molar refractivity (Wildman–Crippen MR) is 84.6 cm³/mol. The Morgan fingerprint density at radius 1 is 1.38 bits per heavy atom. The fourth-order valence-corrected chi connectivity index (χ4v) is 3.74. The van der Waals surface area contributed by atoms with Crippen molar-refractivity contribution in [2.24, 2.45) is 0 Å². The molecule has 5 heteroatoms. The number of nitrogens with zero attached hydrogens (tertiary/aromatic N) is 2. The number of carbonyl (C=O) groups excluding carboxylic acids is 2. The average Bonchev–Trinajstić information content (AvgIpc) is 2.92. The molecular weight excluding hydrogens is 284 g/mol. The van der Waals surface area contributed by atoms with Crippen LogP contribution in [-0.4, -0.2) is 48.3 Å². The number of likely N-dealkylation sites (N-methyl/N-ethyl adjacent to an activating group) is 2. The number of amides is 2. The smallest absolute Gasteiger partial charge is 0.255 e. The minimum absolute atomic E-state index is 0.0419. The van der Waals surface area contributed by atoms with Crippen LogP contribution in [0.15, 0.2) is 29.6 Å². The Bertz CT molecular complexity index is 694. The maximum absolute atomic E-state index is 12.7. The van der Waals surface area contributed by atoms with Crippen molar-refractivity contribution in [1.82, 2.24) is 9.80 Å². The van der Waals surface area contributed by atoms with Gasteiger partial charge in [-0.3, -0.25) is 9.59 Å². The largest absolute Gasteiger partial charge is 0.344 e. The Hall–Kier alpha value is -1.88. The highest BCUT2D eigenvalue weighted by Crippen LogP contribution is 2.27. The average molecular weight is 302 g/mol. The number of hydrogen-bond acceptors (Lipinski definition) is 3. The summed E-state index contributed by atoms with van der Waals surface area (Å²) in [5.74, 6) is 0.202. The number of rotatable bonds is 2. The van der Waals surface area contributed by atoms with E-state index in [1.807, 2.05) is 36.7 Å². The molecule has 0 N–H and O–H groups in total. The molecule has 0 aliphatic carbocycles. The first-order valence-electron chi connectivity index (χ1n) is 7.05. The van der Waals surface area contributed by atoms with Crippen LogP contribution in [0.4, 0.5) is 0 Å². The minimum atomic E-state index is 0.0419. The van der Waals surface area contributed by atoms with Crippen LogP contribution < -0.4 is 0 Å². The van der Waals surface area contributed by atoms with E-state index in [9.17, 15) is 9.59 Å². The maximum Gasteiger partial charge on any atom is 0.255 e. The van der Waals surface area contributed by atoms with Crippen molar-refractivity contribution >= 4 is 33.2 Å². The Labute approximate surface area is 128 Å². The third kappa shape index (κ3) is 2.53. The molecule has 0 spiro atoms. The maximum atomic E-state index is 12.7. The number of carbonyl (C=O) groups is 2. The van der Waals surface area contributed by atoms with Crippen LogP contribution in [0.1, 0.15) is 23.2 Å². The van der Waals surface area contributed by atoms with Crippen molar-refractivity contribution in [1.29, 1.82) is 0 Å². The molecule has 1 aliphatic heterocycles. The molecule has 4 nitrogen and oxygen atoms in total. The highest BCUT2D eigenvalue weighted by Gasteiger charge is 2.29. The van der Waals surface area contributed by atoms with Gasteiger partial charge in [0.05, 0.1) is 5.56 Å². The van der Waals surface area contributed by atoms with Crippen molar-refractivity contribution in [3.05, 3.63) is 35.2 Å². The van der Waals surface area contributed by atoms with Gasteiger partial charge in [0, 0.05) is 48.6 Å². The SMILES string of the molecule is CN1CC(N(C)C(=O)c2csc3ccccc23)CCC1=O. The Kier molecular flexibility index (Phi) is 3.68. The van der Waals surface area contributed by atoms with Gasteiger partial charge in [0.15, 0.2) is 0 Å². The van der Waals surface area contributed by atoms with Crippen molar-refractivity contribution in [2.75, 3.05) is 20.6 Å². The molecule has 1 saturated heterocycles. The summed E-state index contributed by atoms with van der Waals surface area (Å²) in [6.45, 7) is 0.614. The summed E-state index contributed by atoms with van der Waals surface area (Å²) in [6.07, 6.45) is 1.26. The van der Waals surface area contributed by atoms with Crippen LogP contribution in [0.3, 0.4) is 0 Å². The summed E-state index contributed by atoms with van der Waals surface area (Å²) in [7, 11) is 3.63. The highest BCUT2D eigenvalue weighted by atomic mass is 32.1. The van der Waals surface area contributed by atoms with E-state index in [4.69, 9.17) is 0 Å². The van der Waals surface area contributed by atoms with Gasteiger partial charge in [-0.25, -0.2) is 0 Å². The number of fused-ring (bicyclic) bond motifs is 1. The quantitative estimate of drug-likeness (QED) is 0.855. The predicted octanol–water partition coefficient (Wildman–Crippen LogP) is 2.59.